The molecule has 1 N–H and O–H groups in total. The van der Waals surface area contributed by atoms with Gasteiger partial charge in [-0.25, -0.2) is 14.8 Å². The van der Waals surface area contributed by atoms with Gasteiger partial charge in [-0.2, -0.15) is 0 Å². The van der Waals surface area contributed by atoms with E-state index in [0.29, 0.717) is 31.2 Å². The molecule has 0 spiro atoms. The lowest BCUT2D eigenvalue weighted by Crippen LogP contribution is -2.36. The van der Waals surface area contributed by atoms with Crippen molar-refractivity contribution in [3.05, 3.63) is 41.7 Å². The van der Waals surface area contributed by atoms with Gasteiger partial charge in [0.05, 0.1) is 25.4 Å². The number of nitrogens with zero attached hydrogens (tertiary/aromatic N) is 3. The molecule has 25 heavy (non-hydrogen) atoms. The Kier molecular flexibility index (Phi) is 5.45. The second-order valence-electron chi connectivity index (χ2n) is 5.68. The fourth-order valence-corrected chi connectivity index (χ4v) is 2.62. The third-order valence-electron chi connectivity index (χ3n) is 3.83. The molecule has 0 aliphatic carbocycles. The van der Waals surface area contributed by atoms with Gasteiger partial charge in [-0.05, 0) is 38.1 Å². The number of rotatable bonds is 5. The normalized spacial score (nSPS) is 14.2. The number of hydrogen-bond acceptors (Lipinski definition) is 7. The maximum Gasteiger partial charge on any atom is 0.338 e. The summed E-state index contributed by atoms with van der Waals surface area (Å²) in [5.74, 6) is 2.00. The van der Waals surface area contributed by atoms with Gasteiger partial charge in [0.15, 0.2) is 0 Å². The molecular formula is C18H22N4O3. The largest absolute Gasteiger partial charge is 0.462 e. The van der Waals surface area contributed by atoms with E-state index in [1.54, 1.807) is 19.1 Å². The maximum absolute atomic E-state index is 11.7. The fourth-order valence-electron chi connectivity index (χ4n) is 2.62. The first kappa shape index (κ1) is 17.2. The highest BCUT2D eigenvalue weighted by Crippen LogP contribution is 2.21. The monoisotopic (exact) mass is 342 g/mol. The molecule has 1 aliphatic heterocycles. The highest BCUT2D eigenvalue weighted by molar-refractivity contribution is 5.89. The molecule has 132 valence electrons. The molecule has 0 amide bonds. The van der Waals surface area contributed by atoms with E-state index >= 15 is 0 Å². The smallest absolute Gasteiger partial charge is 0.338 e. The number of hydrogen-bond donors (Lipinski definition) is 1. The van der Waals surface area contributed by atoms with Gasteiger partial charge in [0.2, 0.25) is 0 Å². The van der Waals surface area contributed by atoms with E-state index < -0.39 is 0 Å². The number of aromatic nitrogens is 2. The van der Waals surface area contributed by atoms with Gasteiger partial charge >= 0.3 is 5.97 Å². The van der Waals surface area contributed by atoms with Crippen LogP contribution in [0.25, 0.3) is 0 Å². The summed E-state index contributed by atoms with van der Waals surface area (Å²) >= 11 is 0. The molecule has 0 bridgehead atoms. The Labute approximate surface area is 147 Å². The molecule has 1 fully saturated rings. The highest BCUT2D eigenvalue weighted by Gasteiger charge is 2.14. The van der Waals surface area contributed by atoms with Crippen LogP contribution in [0.5, 0.6) is 0 Å². The summed E-state index contributed by atoms with van der Waals surface area (Å²) in [5.41, 5.74) is 1.37. The molecule has 3 rings (SSSR count). The van der Waals surface area contributed by atoms with E-state index in [1.807, 2.05) is 25.1 Å². The zero-order valence-corrected chi connectivity index (χ0v) is 14.5. The van der Waals surface area contributed by atoms with Crippen molar-refractivity contribution in [1.82, 2.24) is 9.97 Å². The Morgan fingerprint density at radius 2 is 1.96 bits per heavy atom. The first-order valence-corrected chi connectivity index (χ1v) is 8.38. The van der Waals surface area contributed by atoms with Crippen molar-refractivity contribution < 1.29 is 14.3 Å². The molecule has 2 aromatic rings. The number of ether oxygens (including phenoxy) is 2. The van der Waals surface area contributed by atoms with E-state index in [0.717, 1.165) is 30.4 Å². The van der Waals surface area contributed by atoms with Gasteiger partial charge in [0.1, 0.15) is 17.5 Å². The molecule has 0 radical (unpaired) electrons. The van der Waals surface area contributed by atoms with Crippen LogP contribution in [0, 0.1) is 6.92 Å². The third kappa shape index (κ3) is 4.45. The summed E-state index contributed by atoms with van der Waals surface area (Å²) in [4.78, 5) is 22.8. The molecular weight excluding hydrogens is 320 g/mol. The lowest BCUT2D eigenvalue weighted by atomic mass is 10.2. The second-order valence-corrected chi connectivity index (χ2v) is 5.68. The number of carbonyl (C=O) groups is 1. The fraction of sp³-hybridized carbons (Fsp3) is 0.389. The zero-order chi connectivity index (χ0) is 17.6. The number of anilines is 3. The average Bonchev–Trinajstić information content (AvgIpc) is 2.63. The second kappa shape index (κ2) is 7.94. The first-order chi connectivity index (χ1) is 12.2. The Bertz CT molecular complexity index is 728. The van der Waals surface area contributed by atoms with E-state index in [4.69, 9.17) is 9.47 Å². The minimum absolute atomic E-state index is 0.318. The number of esters is 1. The van der Waals surface area contributed by atoms with E-state index in [-0.39, 0.29) is 5.97 Å². The number of benzene rings is 1. The summed E-state index contributed by atoms with van der Waals surface area (Å²) < 4.78 is 10.4. The molecule has 1 saturated heterocycles. The van der Waals surface area contributed by atoms with Crippen LogP contribution in [-0.2, 0) is 9.47 Å². The molecule has 2 heterocycles. The van der Waals surface area contributed by atoms with E-state index in [9.17, 15) is 4.79 Å². The maximum atomic E-state index is 11.7. The topological polar surface area (TPSA) is 76.6 Å². The Morgan fingerprint density at radius 3 is 2.64 bits per heavy atom. The molecule has 0 atom stereocenters. The van der Waals surface area contributed by atoms with Crippen molar-refractivity contribution in [1.29, 1.82) is 0 Å². The molecule has 7 nitrogen and oxygen atoms in total. The van der Waals surface area contributed by atoms with Gasteiger partial charge in [-0.1, -0.05) is 0 Å². The quantitative estimate of drug-likeness (QED) is 0.837. The molecule has 0 unspecified atom stereocenters. The number of aryl methyl sites for hydroxylation is 1. The van der Waals surface area contributed by atoms with E-state index in [1.165, 1.54) is 0 Å². The summed E-state index contributed by atoms with van der Waals surface area (Å²) in [6.45, 7) is 7.09. The van der Waals surface area contributed by atoms with Crippen molar-refractivity contribution in [2.24, 2.45) is 0 Å². The minimum atomic E-state index is -0.318. The zero-order valence-electron chi connectivity index (χ0n) is 14.5. The standard InChI is InChI=1S/C18H22N4O3/c1-3-25-18(23)14-4-6-15(7-5-14)21-16-12-17(20-13(2)19-16)22-8-10-24-11-9-22/h4-7,12H,3,8-11H2,1-2H3,(H,19,20,21). The lowest BCUT2D eigenvalue weighted by Gasteiger charge is -2.28. The Hall–Kier alpha value is -2.67. The Balaban J connectivity index is 1.73. The molecule has 1 aliphatic rings. The SMILES string of the molecule is CCOC(=O)c1ccc(Nc2cc(N3CCOCC3)nc(C)n2)cc1. The summed E-state index contributed by atoms with van der Waals surface area (Å²) in [6, 6.07) is 9.06. The van der Waals surface area contributed by atoms with Crippen LogP contribution < -0.4 is 10.2 Å². The van der Waals surface area contributed by atoms with Crippen molar-refractivity contribution in [2.45, 2.75) is 13.8 Å². The Morgan fingerprint density at radius 1 is 1.24 bits per heavy atom. The van der Waals surface area contributed by atoms with Gasteiger partial charge in [0.25, 0.3) is 0 Å². The molecule has 0 saturated carbocycles. The molecule has 7 heteroatoms. The highest BCUT2D eigenvalue weighted by atomic mass is 16.5. The van der Waals surface area contributed by atoms with Crippen LogP contribution in [0.3, 0.4) is 0 Å². The van der Waals surface area contributed by atoms with E-state index in [2.05, 4.69) is 20.2 Å². The average molecular weight is 342 g/mol. The van der Waals surface area contributed by atoms with Crippen molar-refractivity contribution in [3.8, 4) is 0 Å². The number of carbonyl (C=O) groups excluding carboxylic acids is 1. The number of nitrogens with one attached hydrogen (secondary N) is 1. The third-order valence-corrected chi connectivity index (χ3v) is 3.83. The summed E-state index contributed by atoms with van der Waals surface area (Å²) in [6.07, 6.45) is 0. The van der Waals surface area contributed by atoms with Gasteiger partial charge in [-0.3, -0.25) is 0 Å². The van der Waals surface area contributed by atoms with Gasteiger partial charge in [0, 0.05) is 24.8 Å². The van der Waals surface area contributed by atoms with Crippen LogP contribution in [0.1, 0.15) is 23.1 Å². The predicted octanol–water partition coefficient (Wildman–Crippen LogP) is 2.54. The predicted molar refractivity (Wildman–Crippen MR) is 95.5 cm³/mol. The summed E-state index contributed by atoms with van der Waals surface area (Å²) in [7, 11) is 0. The van der Waals surface area contributed by atoms with Crippen molar-refractivity contribution >= 4 is 23.3 Å². The van der Waals surface area contributed by atoms with Crippen LogP contribution >= 0.6 is 0 Å². The van der Waals surface area contributed by atoms with Crippen LogP contribution in [0.2, 0.25) is 0 Å². The van der Waals surface area contributed by atoms with Gasteiger partial charge in [-0.15, -0.1) is 0 Å². The first-order valence-electron chi connectivity index (χ1n) is 8.38. The number of morpholine rings is 1. The minimum Gasteiger partial charge on any atom is -0.462 e. The van der Waals surface area contributed by atoms with Crippen LogP contribution in [0.4, 0.5) is 17.3 Å². The molecule has 1 aromatic carbocycles. The lowest BCUT2D eigenvalue weighted by molar-refractivity contribution is 0.0526. The summed E-state index contributed by atoms with van der Waals surface area (Å²) in [5, 5.41) is 3.26. The van der Waals surface area contributed by atoms with Crippen molar-refractivity contribution in [2.75, 3.05) is 43.1 Å². The van der Waals surface area contributed by atoms with Crippen LogP contribution in [-0.4, -0.2) is 48.8 Å². The molecule has 1 aromatic heterocycles. The van der Waals surface area contributed by atoms with Gasteiger partial charge < -0.3 is 19.7 Å². The van der Waals surface area contributed by atoms with Crippen LogP contribution in [0.15, 0.2) is 30.3 Å². The van der Waals surface area contributed by atoms with Crippen molar-refractivity contribution in [3.63, 3.8) is 0 Å².